The number of benzene rings is 2. The van der Waals surface area contributed by atoms with Crippen LogP contribution in [0.2, 0.25) is 0 Å². The van der Waals surface area contributed by atoms with Gasteiger partial charge in [-0.15, -0.1) is 0 Å². The predicted octanol–water partition coefficient (Wildman–Crippen LogP) is 4.32. The molecule has 0 atom stereocenters. The van der Waals surface area contributed by atoms with Crippen LogP contribution in [0, 0.1) is 25.2 Å². The second-order valence-corrected chi connectivity index (χ2v) is 5.78. The van der Waals surface area contributed by atoms with Crippen molar-refractivity contribution in [2.45, 2.75) is 20.4 Å². The highest BCUT2D eigenvalue weighted by molar-refractivity contribution is 5.63. The van der Waals surface area contributed by atoms with Crippen LogP contribution >= 0.6 is 0 Å². The van der Waals surface area contributed by atoms with Crippen molar-refractivity contribution in [3.8, 4) is 6.07 Å². The molecule has 1 aromatic heterocycles. The van der Waals surface area contributed by atoms with Gasteiger partial charge in [0.15, 0.2) is 0 Å². The van der Waals surface area contributed by atoms with Crippen molar-refractivity contribution in [1.29, 1.82) is 5.26 Å². The van der Waals surface area contributed by atoms with Crippen LogP contribution in [-0.4, -0.2) is 9.97 Å². The number of para-hydroxylation sites is 1. The lowest BCUT2D eigenvalue weighted by molar-refractivity contribution is 1.05. The van der Waals surface area contributed by atoms with Gasteiger partial charge < -0.3 is 10.6 Å². The Hall–Kier alpha value is -3.39. The number of aryl methyl sites for hydroxylation is 2. The maximum Gasteiger partial charge on any atom is 0.229 e. The van der Waals surface area contributed by atoms with Crippen LogP contribution in [0.15, 0.2) is 54.6 Å². The van der Waals surface area contributed by atoms with Crippen molar-refractivity contribution >= 4 is 17.5 Å². The number of nitriles is 1. The van der Waals surface area contributed by atoms with E-state index >= 15 is 0 Å². The van der Waals surface area contributed by atoms with Crippen molar-refractivity contribution < 1.29 is 0 Å². The number of nitrogens with zero attached hydrogens (tertiary/aromatic N) is 3. The summed E-state index contributed by atoms with van der Waals surface area (Å²) in [7, 11) is 0. The molecule has 0 saturated heterocycles. The topological polar surface area (TPSA) is 73.6 Å². The molecule has 0 aliphatic heterocycles. The molecule has 25 heavy (non-hydrogen) atoms. The second-order valence-electron chi connectivity index (χ2n) is 5.78. The van der Waals surface area contributed by atoms with Crippen LogP contribution in [0.1, 0.15) is 22.4 Å². The lowest BCUT2D eigenvalue weighted by atomic mass is 10.1. The number of hydrogen-bond acceptors (Lipinski definition) is 5. The molecule has 0 saturated carbocycles. The summed E-state index contributed by atoms with van der Waals surface area (Å²) in [5.74, 6) is 1.21. The fourth-order valence-corrected chi connectivity index (χ4v) is 2.52. The van der Waals surface area contributed by atoms with Crippen molar-refractivity contribution in [2.75, 3.05) is 10.6 Å². The lowest BCUT2D eigenvalue weighted by Gasteiger charge is -2.11. The normalized spacial score (nSPS) is 10.1. The summed E-state index contributed by atoms with van der Waals surface area (Å²) in [6, 6.07) is 19.6. The first-order valence-corrected chi connectivity index (χ1v) is 8.06. The molecule has 0 spiro atoms. The third-order valence-electron chi connectivity index (χ3n) is 3.87. The van der Waals surface area contributed by atoms with Gasteiger partial charge in [0.2, 0.25) is 5.95 Å². The van der Waals surface area contributed by atoms with Crippen LogP contribution in [0.4, 0.5) is 17.5 Å². The molecule has 124 valence electrons. The minimum Gasteiger partial charge on any atom is -0.366 e. The molecule has 5 nitrogen and oxygen atoms in total. The monoisotopic (exact) mass is 329 g/mol. The summed E-state index contributed by atoms with van der Waals surface area (Å²) in [4.78, 5) is 8.91. The SMILES string of the molecule is Cc1cc(NCc2ccccc2C)nc(Nc2ccccc2C#N)n1. The van der Waals surface area contributed by atoms with Crippen molar-refractivity contribution in [1.82, 2.24) is 9.97 Å². The van der Waals surface area contributed by atoms with E-state index in [1.807, 2.05) is 43.3 Å². The highest BCUT2D eigenvalue weighted by Gasteiger charge is 2.06. The first-order valence-electron chi connectivity index (χ1n) is 8.06. The number of anilines is 3. The highest BCUT2D eigenvalue weighted by atomic mass is 15.1. The van der Waals surface area contributed by atoms with Crippen molar-refractivity contribution in [3.63, 3.8) is 0 Å². The van der Waals surface area contributed by atoms with Crippen LogP contribution in [-0.2, 0) is 6.54 Å². The Kier molecular flexibility index (Phi) is 4.91. The molecule has 0 amide bonds. The summed E-state index contributed by atoms with van der Waals surface area (Å²) in [6.07, 6.45) is 0. The molecule has 3 rings (SSSR count). The molecule has 5 heteroatoms. The van der Waals surface area contributed by atoms with Gasteiger partial charge in [-0.3, -0.25) is 0 Å². The van der Waals surface area contributed by atoms with Crippen molar-refractivity contribution in [3.05, 3.63) is 77.0 Å². The Labute approximate surface area is 147 Å². The van der Waals surface area contributed by atoms with E-state index in [2.05, 4.69) is 45.7 Å². The quantitative estimate of drug-likeness (QED) is 0.729. The number of aromatic nitrogens is 2. The van der Waals surface area contributed by atoms with E-state index in [-0.39, 0.29) is 0 Å². The molecule has 0 aliphatic rings. The van der Waals surface area contributed by atoms with Crippen LogP contribution in [0.5, 0.6) is 0 Å². The summed E-state index contributed by atoms with van der Waals surface area (Å²) < 4.78 is 0. The van der Waals surface area contributed by atoms with Crippen molar-refractivity contribution in [2.24, 2.45) is 0 Å². The van der Waals surface area contributed by atoms with E-state index in [0.29, 0.717) is 23.7 Å². The van der Waals surface area contributed by atoms with E-state index in [0.717, 1.165) is 11.5 Å². The summed E-state index contributed by atoms with van der Waals surface area (Å²) >= 11 is 0. The third kappa shape index (κ3) is 4.12. The molecule has 0 aliphatic carbocycles. The smallest absolute Gasteiger partial charge is 0.229 e. The Bertz CT molecular complexity index is 927. The minimum atomic E-state index is 0.468. The number of rotatable bonds is 5. The van der Waals surface area contributed by atoms with Gasteiger partial charge in [0.25, 0.3) is 0 Å². The van der Waals surface area contributed by atoms with Crippen LogP contribution in [0.25, 0.3) is 0 Å². The Morgan fingerprint density at radius 3 is 2.56 bits per heavy atom. The molecular formula is C20H19N5. The van der Waals surface area contributed by atoms with E-state index in [1.165, 1.54) is 11.1 Å². The highest BCUT2D eigenvalue weighted by Crippen LogP contribution is 2.19. The van der Waals surface area contributed by atoms with Gasteiger partial charge in [-0.2, -0.15) is 10.2 Å². The number of nitrogens with one attached hydrogen (secondary N) is 2. The second kappa shape index (κ2) is 7.45. The molecule has 0 fully saturated rings. The first-order chi connectivity index (χ1) is 12.2. The first kappa shape index (κ1) is 16.5. The molecule has 1 heterocycles. The van der Waals surface area contributed by atoms with Gasteiger partial charge in [-0.05, 0) is 37.1 Å². The molecule has 0 bridgehead atoms. The van der Waals surface area contributed by atoms with Gasteiger partial charge in [0, 0.05) is 18.3 Å². The maximum atomic E-state index is 9.20. The predicted molar refractivity (Wildman–Crippen MR) is 99.7 cm³/mol. The van der Waals surface area contributed by atoms with Crippen LogP contribution < -0.4 is 10.6 Å². The molecule has 0 unspecified atom stereocenters. The molecule has 2 aromatic carbocycles. The summed E-state index contributed by atoms with van der Waals surface area (Å²) in [5, 5.41) is 15.7. The zero-order valence-electron chi connectivity index (χ0n) is 14.2. The number of hydrogen-bond donors (Lipinski definition) is 2. The van der Waals surface area contributed by atoms with Gasteiger partial charge in [0.1, 0.15) is 11.9 Å². The average Bonchev–Trinajstić information content (AvgIpc) is 2.61. The fourth-order valence-electron chi connectivity index (χ4n) is 2.52. The van der Waals surface area contributed by atoms with Gasteiger partial charge in [0.05, 0.1) is 11.3 Å². The Morgan fingerprint density at radius 1 is 1.00 bits per heavy atom. The molecule has 0 radical (unpaired) electrons. The molecular weight excluding hydrogens is 310 g/mol. The van der Waals surface area contributed by atoms with Gasteiger partial charge >= 0.3 is 0 Å². The molecule has 3 aromatic rings. The summed E-state index contributed by atoms with van der Waals surface area (Å²) in [5.41, 5.74) is 4.56. The van der Waals surface area contributed by atoms with Gasteiger partial charge in [-0.25, -0.2) is 4.98 Å². The largest absolute Gasteiger partial charge is 0.366 e. The van der Waals surface area contributed by atoms with Gasteiger partial charge in [-0.1, -0.05) is 36.4 Å². The standard InChI is InChI=1S/C20H19N5/c1-14-7-3-4-9-17(14)13-22-19-11-15(2)23-20(25-19)24-18-10-6-5-8-16(18)12-21/h3-11H,13H2,1-2H3,(H2,22,23,24,25). The average molecular weight is 329 g/mol. The maximum absolute atomic E-state index is 9.20. The Balaban J connectivity index is 1.79. The van der Waals surface area contributed by atoms with E-state index in [4.69, 9.17) is 0 Å². The zero-order chi connectivity index (χ0) is 17.6. The minimum absolute atomic E-state index is 0.468. The zero-order valence-corrected chi connectivity index (χ0v) is 14.2. The van der Waals surface area contributed by atoms with E-state index in [9.17, 15) is 5.26 Å². The third-order valence-corrected chi connectivity index (χ3v) is 3.87. The van der Waals surface area contributed by atoms with E-state index < -0.39 is 0 Å². The fraction of sp³-hybridized carbons (Fsp3) is 0.150. The van der Waals surface area contributed by atoms with Crippen LogP contribution in [0.3, 0.4) is 0 Å². The Morgan fingerprint density at radius 2 is 1.76 bits per heavy atom. The lowest BCUT2D eigenvalue weighted by Crippen LogP contribution is -2.06. The molecule has 2 N–H and O–H groups in total. The van der Waals surface area contributed by atoms with E-state index in [1.54, 1.807) is 6.07 Å². The summed E-state index contributed by atoms with van der Waals surface area (Å²) in [6.45, 7) is 4.70.